The van der Waals surface area contributed by atoms with Crippen LogP contribution in [0.2, 0.25) is 15.5 Å². The fourth-order valence-electron chi connectivity index (χ4n) is 7.48. The molecule has 0 unspecified atom stereocenters. The molecule has 6 heterocycles. The van der Waals surface area contributed by atoms with E-state index in [9.17, 15) is 35.1 Å². The van der Waals surface area contributed by atoms with Gasteiger partial charge in [-0.05, 0) is 74.6 Å². The van der Waals surface area contributed by atoms with Crippen molar-refractivity contribution in [3.8, 4) is 0 Å². The maximum atomic E-state index is 14.2. The molecule has 0 fully saturated rings. The number of rotatable bonds is 6. The molecule has 0 amide bonds. The van der Waals surface area contributed by atoms with Gasteiger partial charge in [0.1, 0.15) is 32.4 Å². The summed E-state index contributed by atoms with van der Waals surface area (Å²) in [5, 5.41) is 6.00. The van der Waals surface area contributed by atoms with Gasteiger partial charge in [0.25, 0.3) is 12.9 Å². The molecule has 0 aliphatic carbocycles. The summed E-state index contributed by atoms with van der Waals surface area (Å²) in [5.74, 6) is 0. The van der Waals surface area contributed by atoms with Crippen LogP contribution < -0.4 is 0 Å². The summed E-state index contributed by atoms with van der Waals surface area (Å²) >= 11 is 16.3. The summed E-state index contributed by atoms with van der Waals surface area (Å²) in [6.45, 7) is 4.31. The molecular weight excluding hydrogens is 1100 g/mol. The van der Waals surface area contributed by atoms with Crippen LogP contribution in [-0.4, -0.2) is 59.9 Å². The van der Waals surface area contributed by atoms with Gasteiger partial charge in [0.15, 0.2) is 0 Å². The first-order valence-corrected chi connectivity index (χ1v) is 22.1. The molecule has 0 radical (unpaired) electrons. The van der Waals surface area contributed by atoms with Crippen LogP contribution in [0.25, 0.3) is 10.9 Å². The van der Waals surface area contributed by atoms with Crippen molar-refractivity contribution in [2.75, 3.05) is 0 Å². The third-order valence-corrected chi connectivity index (χ3v) is 10.4. The number of alkyl halides is 4. The molecule has 0 spiro atoms. The molecule has 25 heteroatoms. The smallest absolute Gasteiger partial charge is 0.425 e. The van der Waals surface area contributed by atoms with Crippen molar-refractivity contribution < 1.29 is 71.4 Å². The minimum atomic E-state index is -2.77. The fourth-order valence-corrected chi connectivity index (χ4v) is 8.22. The Morgan fingerprint density at radius 2 is 1.01 bits per heavy atom. The van der Waals surface area contributed by atoms with Gasteiger partial charge in [0.2, 0.25) is 0 Å². The number of pyridine rings is 3. The summed E-state index contributed by atoms with van der Waals surface area (Å²) in [4.78, 5) is 20.2. The molecule has 0 saturated carbocycles. The monoisotopic (exact) mass is 1140 g/mol. The number of hydrogen-bond acceptors (Lipinski definition) is 10. The molecule has 0 bridgehead atoms. The van der Waals surface area contributed by atoms with E-state index in [4.69, 9.17) is 51.6 Å². The first kappa shape index (κ1) is 61.6. The quantitative estimate of drug-likeness (QED) is 0.0525. The third-order valence-electron chi connectivity index (χ3n) is 9.86. The third kappa shape index (κ3) is 16.0. The largest absolute Gasteiger partial charge is 2.00 e. The molecule has 0 atom stereocenters. The van der Waals surface area contributed by atoms with E-state index in [-0.39, 0.29) is 42.6 Å². The first-order chi connectivity index (χ1) is 33.5. The summed E-state index contributed by atoms with van der Waals surface area (Å²) in [6, 6.07) is 34.5. The van der Waals surface area contributed by atoms with Gasteiger partial charge in [0, 0.05) is 34.8 Å². The van der Waals surface area contributed by atoms with Crippen molar-refractivity contribution in [1.82, 2.24) is 24.7 Å². The zero-order chi connectivity index (χ0) is 52.0. The van der Waals surface area contributed by atoms with E-state index in [0.717, 1.165) is 40.1 Å². The average molecular weight is 1140 g/mol. The van der Waals surface area contributed by atoms with Crippen LogP contribution in [0.1, 0.15) is 68.1 Å². The van der Waals surface area contributed by atoms with Gasteiger partial charge in [0.05, 0.1) is 29.7 Å². The number of fused-ring (bicyclic) bond motifs is 3. The molecule has 4 aromatic heterocycles. The van der Waals surface area contributed by atoms with Crippen LogP contribution in [0.15, 0.2) is 119 Å². The predicted octanol–water partition coefficient (Wildman–Crippen LogP) is 12.5. The van der Waals surface area contributed by atoms with Crippen LogP contribution in [0, 0.1) is 34.6 Å². The van der Waals surface area contributed by atoms with Crippen LogP contribution in [0.3, 0.4) is 0 Å². The Kier molecular flexibility index (Phi) is 27.0. The Morgan fingerprint density at radius 3 is 1.45 bits per heavy atom. The Morgan fingerprint density at radius 1 is 0.606 bits per heavy atom. The predicted molar refractivity (Wildman–Crippen MR) is 253 cm³/mol. The van der Waals surface area contributed by atoms with Gasteiger partial charge in [-0.25, -0.2) is 37.2 Å². The number of hydrogen-bond donors (Lipinski definition) is 0. The van der Waals surface area contributed by atoms with Crippen LogP contribution in [-0.2, 0) is 61.2 Å². The van der Waals surface area contributed by atoms with E-state index in [2.05, 4.69) is 30.0 Å². The molecule has 11 nitrogen and oxygen atoms in total. The number of nitrogens with zero attached hydrogens (tertiary/aromatic N) is 7. The summed E-state index contributed by atoms with van der Waals surface area (Å²) in [5.41, 5.74) is 7.08. The molecule has 71 heavy (non-hydrogen) atoms. The van der Waals surface area contributed by atoms with E-state index in [1.807, 2.05) is 110 Å². The molecule has 2 aliphatic heterocycles. The Bertz CT molecular complexity index is 2830. The normalized spacial score (nSPS) is 11.4. The molecule has 0 N–H and O–H groups in total. The number of benzene rings is 3. The topological polar surface area (TPSA) is 149 Å². The van der Waals surface area contributed by atoms with Gasteiger partial charge in [-0.15, -0.1) is 0 Å². The van der Waals surface area contributed by atoms with Crippen molar-refractivity contribution in [1.29, 1.82) is 0 Å². The summed E-state index contributed by atoms with van der Waals surface area (Å²) in [6.07, 6.45) is -3.46. The maximum absolute atomic E-state index is 14.2. The zero-order valence-electron chi connectivity index (χ0n) is 37.1. The molecule has 0 saturated heterocycles. The van der Waals surface area contributed by atoms with Gasteiger partial charge < -0.3 is 17.6 Å². The minimum Gasteiger partial charge on any atom is -0.425 e. The van der Waals surface area contributed by atoms with E-state index >= 15 is 0 Å². The van der Waals surface area contributed by atoms with Crippen molar-refractivity contribution >= 4 is 80.8 Å². The molecule has 3 aromatic carbocycles. The number of aliphatic imine (C=N–C) groups is 2. The molecular formula is C46H36Cl3F8N7O4S2Zn. The van der Waals surface area contributed by atoms with Crippen molar-refractivity contribution in [3.63, 3.8) is 0 Å². The van der Waals surface area contributed by atoms with Crippen molar-refractivity contribution in [2.24, 2.45) is 9.98 Å². The number of aryl methyl sites for hydroxylation is 3. The summed E-state index contributed by atoms with van der Waals surface area (Å²) in [7, 11) is 0. The van der Waals surface area contributed by atoms with Crippen LogP contribution in [0.4, 0.5) is 35.1 Å². The van der Waals surface area contributed by atoms with Gasteiger partial charge in [-0.2, -0.15) is 21.9 Å². The first-order valence-electron chi connectivity index (χ1n) is 19.6. The molecule has 9 rings (SSSR count). The zero-order valence-corrected chi connectivity index (χ0v) is 44.0. The minimum absolute atomic E-state index is 0. The van der Waals surface area contributed by atoms with Gasteiger partial charge >= 0.3 is 42.6 Å². The van der Waals surface area contributed by atoms with E-state index < -0.39 is 55.4 Å². The average Bonchev–Trinajstić information content (AvgIpc) is 4.08. The summed E-state index contributed by atoms with van der Waals surface area (Å²) < 4.78 is 126. The van der Waals surface area contributed by atoms with Gasteiger partial charge in [-0.3, -0.25) is 9.98 Å². The molecule has 2 aliphatic rings. The molecule has 7 aromatic rings. The second kappa shape index (κ2) is 31.1. The molecule has 370 valence electrons. The number of aromatic nitrogens is 5. The van der Waals surface area contributed by atoms with E-state index in [1.165, 1.54) is 5.56 Å². The van der Waals surface area contributed by atoms with E-state index in [1.54, 1.807) is 30.7 Å². The second-order valence-corrected chi connectivity index (χ2v) is 15.2. The maximum Gasteiger partial charge on any atom is 2.00 e. The van der Waals surface area contributed by atoms with Crippen LogP contribution in [0.5, 0.6) is 0 Å². The van der Waals surface area contributed by atoms with Crippen molar-refractivity contribution in [3.05, 3.63) is 200 Å². The Labute approximate surface area is 436 Å². The second-order valence-electron chi connectivity index (χ2n) is 13.8. The SMILES string of the molecule is Cc1nc(Cl)cc2c1C(C(F)F)=NC2.Cc1nc(Cl)cc2c1C=NC2.Cc1nc(Cl)cc2c1c(C(F)F)nn2C(c1ccccc1)(c1ccccc1)c1ccccc1.F[CH-]F.F[CH-]F.O=S=O.O=S=O.[Zn+2]. The van der Waals surface area contributed by atoms with Crippen molar-refractivity contribution in [2.45, 2.75) is 52.3 Å². The number of halogens is 11. The fraction of sp³-hybridized carbons (Fsp3) is 0.174. The van der Waals surface area contributed by atoms with Gasteiger partial charge in [-0.1, -0.05) is 126 Å². The standard InChI is InChI=1S/C27H20ClF2N3.C9H7ClF2N2.C8H7ClN2.2CHF2.2O2S.Zn/c1-18-24-22(17-23(28)31-18)33(32-25(24)26(29)30)27(19-11-5-2-6-12-19,20-13-7-3-8-14-20)21-15-9-4-10-16-21;1-4-7-5(2-6(10)14-4)3-13-8(7)9(11)12;1-5-7-4-10-3-6(7)2-8(9)11-5;2*2-1-3;2*1-3-2;/h2-17,26H,1H3;2,9H,3H2,1H3;2,4H,3H2,1H3;2*1H;;;/q;;;2*-1;;;+2. The Balaban J connectivity index is 0.000000373. The van der Waals surface area contributed by atoms with E-state index in [0.29, 0.717) is 38.2 Å². The Hall–Kier alpha value is -5.51. The van der Waals surface area contributed by atoms with Crippen LogP contribution >= 0.6 is 34.8 Å².